The SMILES string of the molecule is O=S1(=O)c2ccccc2Cc2ccc(-c3cnc4cccnc4c3)cc21. The first-order chi connectivity index (χ1) is 12.6. The second kappa shape index (κ2) is 5.47. The Morgan fingerprint density at radius 3 is 2.50 bits per heavy atom. The zero-order valence-electron chi connectivity index (χ0n) is 13.8. The first kappa shape index (κ1) is 15.2. The van der Waals surface area contributed by atoms with E-state index in [4.69, 9.17) is 0 Å². The smallest absolute Gasteiger partial charge is 0.207 e. The Morgan fingerprint density at radius 2 is 1.58 bits per heavy atom. The number of benzene rings is 2. The molecule has 0 unspecified atom stereocenters. The van der Waals surface area contributed by atoms with Gasteiger partial charge in [-0.3, -0.25) is 9.97 Å². The highest BCUT2D eigenvalue weighted by Gasteiger charge is 2.29. The third-order valence-electron chi connectivity index (χ3n) is 4.78. The molecule has 26 heavy (non-hydrogen) atoms. The number of aromatic nitrogens is 2. The van der Waals surface area contributed by atoms with Crippen molar-refractivity contribution in [3.63, 3.8) is 0 Å². The first-order valence-corrected chi connectivity index (χ1v) is 9.78. The van der Waals surface area contributed by atoms with Gasteiger partial charge >= 0.3 is 0 Å². The summed E-state index contributed by atoms with van der Waals surface area (Å²) in [4.78, 5) is 9.55. The maximum atomic E-state index is 13.1. The molecule has 0 saturated carbocycles. The molecule has 126 valence electrons. The minimum absolute atomic E-state index is 0.384. The zero-order chi connectivity index (χ0) is 17.7. The van der Waals surface area contributed by atoms with Crippen molar-refractivity contribution in [1.82, 2.24) is 9.97 Å². The third-order valence-corrected chi connectivity index (χ3v) is 6.72. The summed E-state index contributed by atoms with van der Waals surface area (Å²) >= 11 is 0. The highest BCUT2D eigenvalue weighted by Crippen LogP contribution is 2.36. The molecular formula is C21H14N2O2S. The maximum Gasteiger partial charge on any atom is 0.207 e. The van der Waals surface area contributed by atoms with E-state index in [1.165, 1.54) is 0 Å². The average Bonchev–Trinajstić information content (AvgIpc) is 2.68. The number of fused-ring (bicyclic) bond motifs is 3. The molecule has 0 aliphatic carbocycles. The molecule has 0 bridgehead atoms. The van der Waals surface area contributed by atoms with Crippen LogP contribution in [0.4, 0.5) is 0 Å². The summed E-state index contributed by atoms with van der Waals surface area (Å²) in [6.45, 7) is 0. The lowest BCUT2D eigenvalue weighted by Crippen LogP contribution is -2.14. The number of hydrogen-bond donors (Lipinski definition) is 0. The van der Waals surface area contributed by atoms with Crippen LogP contribution < -0.4 is 0 Å². The van der Waals surface area contributed by atoms with Gasteiger partial charge in [-0.1, -0.05) is 30.3 Å². The Balaban J connectivity index is 1.68. The van der Waals surface area contributed by atoms with Crippen molar-refractivity contribution < 1.29 is 8.42 Å². The molecule has 0 fully saturated rings. The van der Waals surface area contributed by atoms with E-state index in [9.17, 15) is 8.42 Å². The summed E-state index contributed by atoms with van der Waals surface area (Å²) in [5.74, 6) is 0. The van der Waals surface area contributed by atoms with Crippen LogP contribution in [-0.2, 0) is 16.3 Å². The molecule has 1 aliphatic heterocycles. The molecule has 0 atom stereocenters. The second-order valence-corrected chi connectivity index (χ2v) is 8.26. The van der Waals surface area contributed by atoms with E-state index in [1.54, 1.807) is 30.6 Å². The highest BCUT2D eigenvalue weighted by molar-refractivity contribution is 7.91. The fourth-order valence-corrected chi connectivity index (χ4v) is 5.22. The van der Waals surface area contributed by atoms with Crippen LogP contribution in [0.25, 0.3) is 22.2 Å². The van der Waals surface area contributed by atoms with Gasteiger partial charge in [0.25, 0.3) is 0 Å². The van der Waals surface area contributed by atoms with Crippen molar-refractivity contribution in [2.24, 2.45) is 0 Å². The molecule has 0 saturated heterocycles. The lowest BCUT2D eigenvalue weighted by Gasteiger charge is -2.20. The highest BCUT2D eigenvalue weighted by atomic mass is 32.2. The lowest BCUT2D eigenvalue weighted by molar-refractivity contribution is 0.591. The van der Waals surface area contributed by atoms with E-state index in [-0.39, 0.29) is 0 Å². The van der Waals surface area contributed by atoms with Crippen LogP contribution >= 0.6 is 0 Å². The number of sulfone groups is 1. The van der Waals surface area contributed by atoms with Gasteiger partial charge in [-0.2, -0.15) is 0 Å². The molecule has 0 N–H and O–H groups in total. The molecule has 3 heterocycles. The van der Waals surface area contributed by atoms with E-state index < -0.39 is 9.84 Å². The van der Waals surface area contributed by atoms with E-state index in [0.717, 1.165) is 33.3 Å². The monoisotopic (exact) mass is 358 g/mol. The number of nitrogens with zero attached hydrogens (tertiary/aromatic N) is 2. The van der Waals surface area contributed by atoms with Crippen molar-refractivity contribution in [3.8, 4) is 11.1 Å². The van der Waals surface area contributed by atoms with Crippen molar-refractivity contribution >= 4 is 20.9 Å². The van der Waals surface area contributed by atoms with E-state index in [2.05, 4.69) is 9.97 Å². The molecule has 4 aromatic rings. The molecule has 5 heteroatoms. The Morgan fingerprint density at radius 1 is 0.731 bits per heavy atom. The van der Waals surface area contributed by atoms with Gasteiger partial charge in [0, 0.05) is 24.4 Å². The van der Waals surface area contributed by atoms with Gasteiger partial charge < -0.3 is 0 Å². The summed E-state index contributed by atoms with van der Waals surface area (Å²) in [5.41, 5.74) is 4.97. The summed E-state index contributed by atoms with van der Waals surface area (Å²) in [7, 11) is -3.51. The summed E-state index contributed by atoms with van der Waals surface area (Å²) in [6, 6.07) is 18.5. The molecule has 0 spiro atoms. The predicted molar refractivity (Wildman–Crippen MR) is 99.7 cm³/mol. The molecule has 2 aromatic heterocycles. The Kier molecular flexibility index (Phi) is 3.21. The van der Waals surface area contributed by atoms with Gasteiger partial charge in [0.15, 0.2) is 0 Å². The fourth-order valence-electron chi connectivity index (χ4n) is 3.48. The third kappa shape index (κ3) is 2.24. The van der Waals surface area contributed by atoms with Crippen molar-refractivity contribution in [3.05, 3.63) is 84.2 Å². The minimum Gasteiger partial charge on any atom is -0.255 e. The lowest BCUT2D eigenvalue weighted by atomic mass is 10.00. The normalized spacial score (nSPS) is 14.6. The van der Waals surface area contributed by atoms with Crippen LogP contribution in [0.5, 0.6) is 0 Å². The topological polar surface area (TPSA) is 59.9 Å². The van der Waals surface area contributed by atoms with Crippen molar-refractivity contribution in [1.29, 1.82) is 0 Å². The fraction of sp³-hybridized carbons (Fsp3) is 0.0476. The van der Waals surface area contributed by atoms with Crippen molar-refractivity contribution in [2.45, 2.75) is 16.2 Å². The predicted octanol–water partition coefficient (Wildman–Crippen LogP) is 4.03. The minimum atomic E-state index is -3.51. The summed E-state index contributed by atoms with van der Waals surface area (Å²) in [5, 5.41) is 0. The number of rotatable bonds is 1. The van der Waals surface area contributed by atoms with E-state index >= 15 is 0 Å². The molecule has 4 nitrogen and oxygen atoms in total. The molecular weight excluding hydrogens is 344 g/mol. The van der Waals surface area contributed by atoms with Crippen LogP contribution in [0.3, 0.4) is 0 Å². The number of hydrogen-bond acceptors (Lipinski definition) is 4. The van der Waals surface area contributed by atoms with Crippen LogP contribution in [0.15, 0.2) is 82.8 Å². The van der Waals surface area contributed by atoms with Crippen molar-refractivity contribution in [2.75, 3.05) is 0 Å². The van der Waals surface area contributed by atoms with E-state index in [1.807, 2.05) is 42.5 Å². The van der Waals surface area contributed by atoms with Gasteiger partial charge in [0.2, 0.25) is 9.84 Å². The van der Waals surface area contributed by atoms with Crippen LogP contribution in [0.1, 0.15) is 11.1 Å². The van der Waals surface area contributed by atoms with Gasteiger partial charge in [-0.15, -0.1) is 0 Å². The van der Waals surface area contributed by atoms with Crippen LogP contribution in [0.2, 0.25) is 0 Å². The quantitative estimate of drug-likeness (QED) is 0.454. The summed E-state index contributed by atoms with van der Waals surface area (Å²) < 4.78 is 26.1. The molecule has 1 aliphatic rings. The largest absolute Gasteiger partial charge is 0.255 e. The van der Waals surface area contributed by atoms with Gasteiger partial charge in [-0.25, -0.2) is 8.42 Å². The molecule has 0 radical (unpaired) electrons. The maximum absolute atomic E-state index is 13.1. The Hall–Kier alpha value is -3.05. The Labute approximate surface area is 151 Å². The van der Waals surface area contributed by atoms with Gasteiger partial charge in [-0.05, 0) is 47.0 Å². The van der Waals surface area contributed by atoms with Gasteiger partial charge in [0.05, 0.1) is 20.8 Å². The van der Waals surface area contributed by atoms with Crippen LogP contribution in [0, 0.1) is 0 Å². The average molecular weight is 358 g/mol. The molecule has 2 aromatic carbocycles. The first-order valence-electron chi connectivity index (χ1n) is 8.30. The standard InChI is InChI=1S/C21H14N2O2S/c24-26(25)20-6-2-1-4-15(20)10-16-8-7-14(12-21(16)26)17-11-19-18(23-13-17)5-3-9-22-19/h1-9,11-13H,10H2. The Bertz CT molecular complexity index is 1280. The van der Waals surface area contributed by atoms with Gasteiger partial charge in [0.1, 0.15) is 0 Å². The van der Waals surface area contributed by atoms with Crippen LogP contribution in [-0.4, -0.2) is 18.4 Å². The molecule has 0 amide bonds. The second-order valence-electron chi connectivity index (χ2n) is 6.38. The number of pyridine rings is 2. The zero-order valence-corrected chi connectivity index (χ0v) is 14.6. The summed E-state index contributed by atoms with van der Waals surface area (Å²) in [6.07, 6.45) is 4.11. The van der Waals surface area contributed by atoms with E-state index in [0.29, 0.717) is 16.2 Å². The molecule has 5 rings (SSSR count).